The Balaban J connectivity index is 2.54. The Morgan fingerprint density at radius 3 is 1.24 bits per heavy atom. The van der Waals surface area contributed by atoms with Crippen LogP contribution in [-0.4, -0.2) is 48.6 Å². The number of hydrogen-bond acceptors (Lipinski definition) is 6. The molecule has 0 aromatic rings. The largest absolute Gasteiger partial charge is 0.463 e. The van der Waals surface area contributed by atoms with E-state index in [0.29, 0.717) is 0 Å². The fraction of sp³-hybridized carbons (Fsp3) is 0.929. The van der Waals surface area contributed by atoms with Gasteiger partial charge in [0, 0.05) is 0 Å². The third-order valence-electron chi connectivity index (χ3n) is 7.24. The van der Waals surface area contributed by atoms with Crippen LogP contribution in [0.4, 0.5) is 0 Å². The van der Waals surface area contributed by atoms with E-state index >= 15 is 0 Å². The second-order valence-electron chi connectivity index (χ2n) is 11.1. The lowest BCUT2D eigenvalue weighted by atomic mass is 9.76. The number of hydrogen-bond donors (Lipinski definition) is 0. The minimum atomic E-state index is -1.54. The fourth-order valence-corrected chi connectivity index (χ4v) is 5.30. The predicted molar refractivity (Wildman–Crippen MR) is 134 cm³/mol. The Labute approximate surface area is 207 Å². The van der Waals surface area contributed by atoms with Crippen molar-refractivity contribution in [3.63, 3.8) is 0 Å². The van der Waals surface area contributed by atoms with Gasteiger partial charge in [0.15, 0.2) is 0 Å². The van der Waals surface area contributed by atoms with Gasteiger partial charge >= 0.3 is 11.9 Å². The maximum Gasteiger partial charge on any atom is 0.342 e. The van der Waals surface area contributed by atoms with Crippen molar-refractivity contribution in [2.24, 2.45) is 11.8 Å². The summed E-state index contributed by atoms with van der Waals surface area (Å²) in [5.74, 6) is -0.630. The molecule has 0 bridgehead atoms. The smallest absolute Gasteiger partial charge is 0.342 e. The normalized spacial score (nSPS) is 21.8. The molecule has 198 valence electrons. The van der Waals surface area contributed by atoms with Crippen molar-refractivity contribution in [2.45, 2.75) is 142 Å². The molecule has 2 aliphatic rings. The molecule has 0 radical (unpaired) electrons. The second kappa shape index (κ2) is 13.8. The van der Waals surface area contributed by atoms with E-state index in [-0.39, 0.29) is 50.1 Å². The van der Waals surface area contributed by atoms with Crippen LogP contribution in [0.15, 0.2) is 0 Å². The summed E-state index contributed by atoms with van der Waals surface area (Å²) in [7, 11) is 0. The molecule has 0 N–H and O–H groups in total. The van der Waals surface area contributed by atoms with Crippen LogP contribution in [0.25, 0.3) is 0 Å². The topological polar surface area (TPSA) is 71.1 Å². The number of rotatable bonds is 13. The quantitative estimate of drug-likeness (QED) is 0.284. The van der Waals surface area contributed by atoms with Crippen LogP contribution >= 0.6 is 0 Å². The molecule has 2 fully saturated rings. The molecule has 2 atom stereocenters. The Bertz CT molecular complexity index is 566. The van der Waals surface area contributed by atoms with Crippen molar-refractivity contribution in [1.82, 2.24) is 0 Å². The summed E-state index contributed by atoms with van der Waals surface area (Å²) in [6, 6.07) is 0. The van der Waals surface area contributed by atoms with Gasteiger partial charge in [-0.3, -0.25) is 0 Å². The van der Waals surface area contributed by atoms with Gasteiger partial charge in [0.25, 0.3) is 0 Å². The Kier molecular flexibility index (Phi) is 11.8. The zero-order valence-electron chi connectivity index (χ0n) is 22.7. The SMILES string of the molecule is CCC(OC1CCCCC1)(C(=O)OCC(C)C)C(CC)(OC1CCCCC1)C(=O)OCC(C)C. The molecule has 6 heteroatoms. The highest BCUT2D eigenvalue weighted by molar-refractivity contribution is 5.93. The molecule has 0 spiro atoms. The molecule has 0 aromatic heterocycles. The van der Waals surface area contributed by atoms with Crippen molar-refractivity contribution < 1.29 is 28.5 Å². The molecular weight excluding hydrogens is 432 g/mol. The first-order chi connectivity index (χ1) is 16.2. The summed E-state index contributed by atoms with van der Waals surface area (Å²) in [6.45, 7) is 12.4. The molecule has 34 heavy (non-hydrogen) atoms. The summed E-state index contributed by atoms with van der Waals surface area (Å²) in [5.41, 5.74) is -3.08. The van der Waals surface area contributed by atoms with Crippen molar-refractivity contribution in [2.75, 3.05) is 13.2 Å². The lowest BCUT2D eigenvalue weighted by Gasteiger charge is -2.49. The third kappa shape index (κ3) is 7.19. The summed E-state index contributed by atoms with van der Waals surface area (Å²) < 4.78 is 25.1. The highest BCUT2D eigenvalue weighted by Crippen LogP contribution is 2.43. The molecule has 0 aliphatic heterocycles. The average Bonchev–Trinajstić information content (AvgIpc) is 2.84. The molecule has 2 rings (SSSR count). The standard InChI is InChI=1S/C28H50O6/c1-7-27(25(29)31-19-21(3)4,33-23-15-11-9-12-16-23)28(8-2,26(30)32-20-22(5)6)34-24-17-13-10-14-18-24/h21-24H,7-20H2,1-6H3. The van der Waals surface area contributed by atoms with E-state index in [4.69, 9.17) is 18.9 Å². The van der Waals surface area contributed by atoms with Gasteiger partial charge in [-0.2, -0.15) is 0 Å². The highest BCUT2D eigenvalue weighted by Gasteiger charge is 2.65. The van der Waals surface area contributed by atoms with Gasteiger partial charge in [-0.1, -0.05) is 80.1 Å². The molecule has 2 saturated carbocycles. The van der Waals surface area contributed by atoms with E-state index in [1.165, 1.54) is 12.8 Å². The predicted octanol–water partition coefficient (Wildman–Crippen LogP) is 6.38. The van der Waals surface area contributed by atoms with E-state index in [1.807, 2.05) is 41.5 Å². The van der Waals surface area contributed by atoms with E-state index in [2.05, 4.69) is 0 Å². The number of esters is 2. The van der Waals surface area contributed by atoms with Gasteiger partial charge in [0.2, 0.25) is 11.2 Å². The second-order valence-corrected chi connectivity index (χ2v) is 11.1. The zero-order valence-corrected chi connectivity index (χ0v) is 22.7. The average molecular weight is 483 g/mol. The molecule has 0 aromatic carbocycles. The molecule has 2 unspecified atom stereocenters. The maximum atomic E-state index is 13.9. The summed E-state index contributed by atoms with van der Waals surface area (Å²) in [5, 5.41) is 0. The summed E-state index contributed by atoms with van der Waals surface area (Å²) >= 11 is 0. The van der Waals surface area contributed by atoms with Gasteiger partial charge in [-0.25, -0.2) is 9.59 Å². The molecule has 0 heterocycles. The Hall–Kier alpha value is -1.14. The number of carbonyl (C=O) groups excluding carboxylic acids is 2. The van der Waals surface area contributed by atoms with E-state index < -0.39 is 23.1 Å². The Morgan fingerprint density at radius 1 is 0.647 bits per heavy atom. The first-order valence-corrected chi connectivity index (χ1v) is 13.9. The summed E-state index contributed by atoms with van der Waals surface area (Å²) in [6.07, 6.45) is 10.5. The van der Waals surface area contributed by atoms with Gasteiger partial charge in [0.05, 0.1) is 25.4 Å². The molecule has 0 saturated heterocycles. The molecule has 6 nitrogen and oxygen atoms in total. The number of carbonyl (C=O) groups is 2. The van der Waals surface area contributed by atoms with E-state index in [9.17, 15) is 9.59 Å². The van der Waals surface area contributed by atoms with Gasteiger partial charge in [-0.05, 0) is 50.4 Å². The lowest BCUT2D eigenvalue weighted by Crippen LogP contribution is -2.68. The van der Waals surface area contributed by atoms with E-state index in [0.717, 1.165) is 51.4 Å². The monoisotopic (exact) mass is 482 g/mol. The van der Waals surface area contributed by atoms with Crippen LogP contribution in [-0.2, 0) is 28.5 Å². The zero-order chi connectivity index (χ0) is 25.2. The third-order valence-corrected chi connectivity index (χ3v) is 7.24. The summed E-state index contributed by atoms with van der Waals surface area (Å²) in [4.78, 5) is 27.9. The minimum absolute atomic E-state index is 0.0981. The Morgan fingerprint density at radius 2 is 0.971 bits per heavy atom. The molecular formula is C28H50O6. The lowest BCUT2D eigenvalue weighted by molar-refractivity contribution is -0.261. The number of ether oxygens (including phenoxy) is 4. The molecule has 0 amide bonds. The van der Waals surface area contributed by atoms with E-state index in [1.54, 1.807) is 0 Å². The van der Waals surface area contributed by atoms with Crippen LogP contribution in [0.5, 0.6) is 0 Å². The maximum absolute atomic E-state index is 13.9. The minimum Gasteiger partial charge on any atom is -0.463 e. The van der Waals surface area contributed by atoms with Gasteiger partial charge < -0.3 is 18.9 Å². The van der Waals surface area contributed by atoms with Crippen molar-refractivity contribution in [1.29, 1.82) is 0 Å². The first kappa shape index (κ1) is 29.1. The molecule has 2 aliphatic carbocycles. The first-order valence-electron chi connectivity index (χ1n) is 13.9. The van der Waals surface area contributed by atoms with Crippen LogP contribution < -0.4 is 0 Å². The highest BCUT2D eigenvalue weighted by atomic mass is 16.6. The van der Waals surface area contributed by atoms with Crippen LogP contribution in [0.1, 0.15) is 119 Å². The fourth-order valence-electron chi connectivity index (χ4n) is 5.30. The van der Waals surface area contributed by atoms with Crippen LogP contribution in [0, 0.1) is 11.8 Å². The van der Waals surface area contributed by atoms with Crippen molar-refractivity contribution in [3.8, 4) is 0 Å². The van der Waals surface area contributed by atoms with Crippen LogP contribution in [0.2, 0.25) is 0 Å². The van der Waals surface area contributed by atoms with Crippen LogP contribution in [0.3, 0.4) is 0 Å². The van der Waals surface area contributed by atoms with Gasteiger partial charge in [0.1, 0.15) is 0 Å². The van der Waals surface area contributed by atoms with Crippen molar-refractivity contribution >= 4 is 11.9 Å². The van der Waals surface area contributed by atoms with Gasteiger partial charge in [-0.15, -0.1) is 0 Å². The van der Waals surface area contributed by atoms with Crippen molar-refractivity contribution in [3.05, 3.63) is 0 Å².